The maximum atomic E-state index is 13.5. The Kier molecular flexibility index (Phi) is 5.61. The summed E-state index contributed by atoms with van der Waals surface area (Å²) < 4.78 is 27.5. The molecule has 1 N–H and O–H groups in total. The number of anilines is 1. The molecule has 1 saturated heterocycles. The highest BCUT2D eigenvalue weighted by atomic mass is 35.5. The number of aromatic nitrogens is 3. The highest BCUT2D eigenvalue weighted by molar-refractivity contribution is 7.92. The number of nitrogens with zero attached hydrogens (tertiary/aromatic N) is 4. The Morgan fingerprint density at radius 3 is 2.77 bits per heavy atom. The van der Waals surface area contributed by atoms with Crippen LogP contribution in [0.1, 0.15) is 41.4 Å². The molecule has 1 atom stereocenters. The van der Waals surface area contributed by atoms with Crippen LogP contribution >= 0.6 is 23.2 Å². The number of hydrogen-bond donors (Lipinski definition) is 1. The van der Waals surface area contributed by atoms with E-state index < -0.39 is 10.0 Å². The number of likely N-dealkylation sites (tertiary alicyclic amines) is 1. The Labute approximate surface area is 183 Å². The fourth-order valence-electron chi connectivity index (χ4n) is 3.66. The zero-order valence-electron chi connectivity index (χ0n) is 16.0. The predicted octanol–water partition coefficient (Wildman–Crippen LogP) is 3.78. The van der Waals surface area contributed by atoms with Crippen LogP contribution in [-0.4, -0.2) is 46.6 Å². The first kappa shape index (κ1) is 20.9. The highest BCUT2D eigenvalue weighted by Gasteiger charge is 2.32. The molecule has 0 spiro atoms. The van der Waals surface area contributed by atoms with Gasteiger partial charge in [-0.25, -0.2) is 17.9 Å². The third-order valence-electron chi connectivity index (χ3n) is 4.92. The van der Waals surface area contributed by atoms with Crippen molar-refractivity contribution in [3.8, 4) is 0 Å². The summed E-state index contributed by atoms with van der Waals surface area (Å²) in [6.45, 7) is 0.524. The van der Waals surface area contributed by atoms with E-state index in [1.807, 2.05) is 0 Å². The van der Waals surface area contributed by atoms with Crippen molar-refractivity contribution in [3.05, 3.63) is 58.0 Å². The summed E-state index contributed by atoms with van der Waals surface area (Å²) in [5.74, 6) is -0.309. The molecule has 4 rings (SSSR count). The molecule has 1 fully saturated rings. The highest BCUT2D eigenvalue weighted by Crippen LogP contribution is 2.33. The topological polar surface area (TPSA) is 96.7 Å². The van der Waals surface area contributed by atoms with Gasteiger partial charge in [0.05, 0.1) is 35.4 Å². The van der Waals surface area contributed by atoms with Crippen molar-refractivity contribution in [2.45, 2.75) is 25.3 Å². The molecule has 0 aliphatic carbocycles. The second-order valence-corrected chi connectivity index (χ2v) is 9.77. The van der Waals surface area contributed by atoms with Gasteiger partial charge in [0.15, 0.2) is 5.65 Å². The average Bonchev–Trinajstić information content (AvgIpc) is 3.11. The minimum Gasteiger partial charge on any atom is -0.330 e. The van der Waals surface area contributed by atoms with Gasteiger partial charge in [-0.2, -0.15) is 5.10 Å². The summed E-state index contributed by atoms with van der Waals surface area (Å²) in [4.78, 5) is 19.8. The SMILES string of the molecule is CS(=O)(=O)Nc1ccc(Cl)cc1C(=O)N1CCCC[C@H]1c1cn2nc(Cl)ccc2n1. The molecule has 3 aromatic rings. The van der Waals surface area contributed by atoms with Gasteiger partial charge in [0, 0.05) is 11.6 Å². The van der Waals surface area contributed by atoms with Crippen molar-refractivity contribution in [2.75, 3.05) is 17.5 Å². The number of imidazole rings is 1. The third kappa shape index (κ3) is 4.38. The van der Waals surface area contributed by atoms with E-state index in [0.29, 0.717) is 28.1 Å². The molecule has 1 aliphatic rings. The number of carbonyl (C=O) groups is 1. The number of carbonyl (C=O) groups excluding carboxylic acids is 1. The number of nitrogens with one attached hydrogen (secondary N) is 1. The fourth-order valence-corrected chi connectivity index (χ4v) is 4.55. The van der Waals surface area contributed by atoms with E-state index in [9.17, 15) is 13.2 Å². The maximum absolute atomic E-state index is 13.5. The molecule has 158 valence electrons. The number of piperidine rings is 1. The Morgan fingerprint density at radius 2 is 2.00 bits per heavy atom. The van der Waals surface area contributed by atoms with Crippen LogP contribution in [0.15, 0.2) is 36.5 Å². The Morgan fingerprint density at radius 1 is 1.20 bits per heavy atom. The van der Waals surface area contributed by atoms with Crippen molar-refractivity contribution in [2.24, 2.45) is 0 Å². The molecule has 11 heteroatoms. The lowest BCUT2D eigenvalue weighted by Gasteiger charge is -2.35. The summed E-state index contributed by atoms with van der Waals surface area (Å²) in [6.07, 6.45) is 5.33. The van der Waals surface area contributed by atoms with Crippen LogP contribution in [0.2, 0.25) is 10.2 Å². The second-order valence-electron chi connectivity index (χ2n) is 7.20. The van der Waals surface area contributed by atoms with Gasteiger partial charge in [0.1, 0.15) is 5.15 Å². The molecule has 1 aromatic carbocycles. The first-order chi connectivity index (χ1) is 14.2. The monoisotopic (exact) mass is 467 g/mol. The van der Waals surface area contributed by atoms with Crippen LogP contribution in [-0.2, 0) is 10.0 Å². The van der Waals surface area contributed by atoms with Crippen molar-refractivity contribution in [1.82, 2.24) is 19.5 Å². The lowest BCUT2D eigenvalue weighted by Crippen LogP contribution is -2.39. The van der Waals surface area contributed by atoms with E-state index in [1.54, 1.807) is 27.7 Å². The Balaban J connectivity index is 1.72. The second kappa shape index (κ2) is 8.05. The minimum absolute atomic E-state index is 0.194. The summed E-state index contributed by atoms with van der Waals surface area (Å²) in [7, 11) is -3.56. The minimum atomic E-state index is -3.56. The van der Waals surface area contributed by atoms with Gasteiger partial charge in [-0.3, -0.25) is 9.52 Å². The zero-order valence-corrected chi connectivity index (χ0v) is 18.4. The molecule has 0 saturated carbocycles. The molecule has 1 aliphatic heterocycles. The van der Waals surface area contributed by atoms with Gasteiger partial charge in [-0.05, 0) is 49.6 Å². The van der Waals surface area contributed by atoms with Crippen molar-refractivity contribution >= 4 is 50.5 Å². The number of benzene rings is 1. The first-order valence-electron chi connectivity index (χ1n) is 9.31. The van der Waals surface area contributed by atoms with E-state index in [2.05, 4.69) is 14.8 Å². The van der Waals surface area contributed by atoms with Crippen LogP contribution in [0.3, 0.4) is 0 Å². The molecule has 30 heavy (non-hydrogen) atoms. The van der Waals surface area contributed by atoms with E-state index in [4.69, 9.17) is 23.2 Å². The van der Waals surface area contributed by atoms with E-state index in [0.717, 1.165) is 25.5 Å². The molecule has 0 bridgehead atoms. The van der Waals surface area contributed by atoms with Gasteiger partial charge < -0.3 is 4.90 Å². The first-order valence-corrected chi connectivity index (χ1v) is 12.0. The summed E-state index contributed by atoms with van der Waals surface area (Å²) in [5, 5.41) is 4.90. The molecule has 2 aromatic heterocycles. The van der Waals surface area contributed by atoms with Gasteiger partial charge in [-0.15, -0.1) is 0 Å². The number of amides is 1. The number of halogens is 2. The van der Waals surface area contributed by atoms with Crippen LogP contribution < -0.4 is 4.72 Å². The average molecular weight is 468 g/mol. The fraction of sp³-hybridized carbons (Fsp3) is 0.316. The molecule has 0 unspecified atom stereocenters. The largest absolute Gasteiger partial charge is 0.330 e. The lowest BCUT2D eigenvalue weighted by atomic mass is 9.98. The predicted molar refractivity (Wildman–Crippen MR) is 116 cm³/mol. The molecular weight excluding hydrogens is 449 g/mol. The molecular formula is C19H19Cl2N5O3S. The Bertz CT molecular complexity index is 1230. The molecule has 8 nitrogen and oxygen atoms in total. The van der Waals surface area contributed by atoms with Gasteiger partial charge in [0.25, 0.3) is 5.91 Å². The maximum Gasteiger partial charge on any atom is 0.256 e. The smallest absolute Gasteiger partial charge is 0.256 e. The molecule has 3 heterocycles. The van der Waals surface area contributed by atoms with Gasteiger partial charge in [0.2, 0.25) is 10.0 Å². The number of sulfonamides is 1. The van der Waals surface area contributed by atoms with Crippen molar-refractivity contribution < 1.29 is 13.2 Å². The van der Waals surface area contributed by atoms with Crippen molar-refractivity contribution in [3.63, 3.8) is 0 Å². The van der Waals surface area contributed by atoms with E-state index in [1.165, 1.54) is 18.2 Å². The number of hydrogen-bond acceptors (Lipinski definition) is 5. The molecule has 0 radical (unpaired) electrons. The number of rotatable bonds is 4. The van der Waals surface area contributed by atoms with Crippen LogP contribution in [0, 0.1) is 0 Å². The van der Waals surface area contributed by atoms with Gasteiger partial charge in [-0.1, -0.05) is 23.2 Å². The van der Waals surface area contributed by atoms with Crippen LogP contribution in [0.5, 0.6) is 0 Å². The van der Waals surface area contributed by atoms with Gasteiger partial charge >= 0.3 is 0 Å². The summed E-state index contributed by atoms with van der Waals surface area (Å²) in [5.41, 5.74) is 1.73. The number of fused-ring (bicyclic) bond motifs is 1. The Hall–Kier alpha value is -2.36. The van der Waals surface area contributed by atoms with Crippen molar-refractivity contribution in [1.29, 1.82) is 0 Å². The summed E-state index contributed by atoms with van der Waals surface area (Å²) in [6, 6.07) is 7.67. The third-order valence-corrected chi connectivity index (χ3v) is 5.95. The van der Waals surface area contributed by atoms with Crippen LogP contribution in [0.4, 0.5) is 5.69 Å². The lowest BCUT2D eigenvalue weighted by molar-refractivity contribution is 0.0608. The quantitative estimate of drug-likeness (QED) is 0.629. The van der Waals surface area contributed by atoms with E-state index >= 15 is 0 Å². The van der Waals surface area contributed by atoms with E-state index in [-0.39, 0.29) is 23.2 Å². The molecule has 1 amide bonds. The van der Waals surface area contributed by atoms with Crippen LogP contribution in [0.25, 0.3) is 5.65 Å². The summed E-state index contributed by atoms with van der Waals surface area (Å²) >= 11 is 12.1. The zero-order chi connectivity index (χ0) is 21.5. The standard InChI is InChI=1S/C19H19Cl2N5O3S/c1-30(28,29)24-14-6-5-12(20)10-13(14)19(27)25-9-3-2-4-16(25)15-11-26-18(22-15)8-7-17(21)23-26/h5-8,10-11,16,24H,2-4,9H2,1H3/t16-/m0/s1. The normalized spacial score (nSPS) is 17.3.